The molecule has 9 nitrogen and oxygen atoms in total. The largest absolute Gasteiger partial charge is 0.368 e. The monoisotopic (exact) mass is 462 g/mol. The first-order valence-corrected chi connectivity index (χ1v) is 11.9. The van der Waals surface area contributed by atoms with Crippen LogP contribution in [0.25, 0.3) is 10.9 Å². The number of rotatable bonds is 6. The van der Waals surface area contributed by atoms with Crippen molar-refractivity contribution >= 4 is 22.5 Å². The molecular formula is C25H30N6O3. The lowest BCUT2D eigenvalue weighted by Crippen LogP contribution is -2.46. The van der Waals surface area contributed by atoms with Crippen LogP contribution in [-0.4, -0.2) is 57.6 Å². The molecule has 2 aliphatic rings. The van der Waals surface area contributed by atoms with Crippen molar-refractivity contribution in [1.29, 1.82) is 0 Å². The summed E-state index contributed by atoms with van der Waals surface area (Å²) in [5, 5.41) is 3.52. The summed E-state index contributed by atoms with van der Waals surface area (Å²) >= 11 is 0. The molecule has 3 heterocycles. The number of H-pyrrole nitrogens is 1. The van der Waals surface area contributed by atoms with E-state index in [0.29, 0.717) is 29.2 Å². The molecule has 2 N–H and O–H groups in total. The SMILES string of the molecule is CCn1c(=O)[nH]c2cc(CN3CCN(c4ccc(C(=O)NC5CC5)nc4C)CC3)ccc2c1=O. The molecule has 0 bridgehead atoms. The summed E-state index contributed by atoms with van der Waals surface area (Å²) in [7, 11) is 0. The van der Waals surface area contributed by atoms with Crippen molar-refractivity contribution < 1.29 is 4.79 Å². The molecule has 3 aromatic rings. The van der Waals surface area contributed by atoms with Gasteiger partial charge in [-0.25, -0.2) is 9.78 Å². The van der Waals surface area contributed by atoms with E-state index < -0.39 is 0 Å². The first-order valence-electron chi connectivity index (χ1n) is 11.9. The highest BCUT2D eigenvalue weighted by Crippen LogP contribution is 2.23. The number of pyridine rings is 1. The number of anilines is 1. The highest BCUT2D eigenvalue weighted by atomic mass is 16.2. The number of hydrogen-bond donors (Lipinski definition) is 2. The quantitative estimate of drug-likeness (QED) is 0.577. The molecule has 0 unspecified atom stereocenters. The lowest BCUT2D eigenvalue weighted by molar-refractivity contribution is 0.0946. The van der Waals surface area contributed by atoms with E-state index in [0.717, 1.165) is 62.5 Å². The number of piperazine rings is 1. The minimum absolute atomic E-state index is 0.0905. The van der Waals surface area contributed by atoms with Crippen LogP contribution in [0.1, 0.15) is 41.5 Å². The van der Waals surface area contributed by atoms with Crippen LogP contribution in [0.2, 0.25) is 0 Å². The molecule has 1 amide bonds. The fourth-order valence-electron chi connectivity index (χ4n) is 4.59. The molecule has 0 atom stereocenters. The van der Waals surface area contributed by atoms with E-state index in [9.17, 15) is 14.4 Å². The van der Waals surface area contributed by atoms with E-state index in [4.69, 9.17) is 0 Å². The third kappa shape index (κ3) is 4.48. The lowest BCUT2D eigenvalue weighted by atomic mass is 10.1. The van der Waals surface area contributed by atoms with Gasteiger partial charge in [0.05, 0.1) is 22.3 Å². The number of hydrogen-bond acceptors (Lipinski definition) is 6. The molecule has 0 radical (unpaired) electrons. The Balaban J connectivity index is 1.23. The van der Waals surface area contributed by atoms with Crippen molar-refractivity contribution in [3.05, 3.63) is 68.1 Å². The van der Waals surface area contributed by atoms with E-state index >= 15 is 0 Å². The lowest BCUT2D eigenvalue weighted by Gasteiger charge is -2.36. The zero-order valence-electron chi connectivity index (χ0n) is 19.6. The highest BCUT2D eigenvalue weighted by molar-refractivity contribution is 5.93. The first-order chi connectivity index (χ1) is 16.4. The number of aryl methyl sites for hydroxylation is 1. The predicted octanol–water partition coefficient (Wildman–Crippen LogP) is 1.63. The summed E-state index contributed by atoms with van der Waals surface area (Å²) < 4.78 is 1.21. The van der Waals surface area contributed by atoms with E-state index in [1.165, 1.54) is 4.57 Å². The minimum atomic E-state index is -0.370. The number of carbonyl (C=O) groups excluding carboxylic acids is 1. The standard InChI is InChI=1S/C25H30N6O3/c1-3-31-24(33)19-7-4-17(14-21(19)28-25(31)34)15-29-10-12-30(13-11-29)22-9-8-20(26-16(22)2)23(32)27-18-5-6-18/h4,7-9,14,18H,3,5-6,10-13,15H2,1-2H3,(H,27,32)(H,28,34). The van der Waals surface area contributed by atoms with Gasteiger partial charge in [-0.1, -0.05) is 6.07 Å². The number of benzene rings is 1. The molecule has 9 heteroatoms. The fraction of sp³-hybridized carbons (Fsp3) is 0.440. The number of fused-ring (bicyclic) bond motifs is 1. The number of amides is 1. The van der Waals surface area contributed by atoms with Gasteiger partial charge in [0.1, 0.15) is 5.69 Å². The number of carbonyl (C=O) groups is 1. The van der Waals surface area contributed by atoms with Crippen molar-refractivity contribution in [3.63, 3.8) is 0 Å². The van der Waals surface area contributed by atoms with Crippen LogP contribution in [0.15, 0.2) is 39.9 Å². The summed E-state index contributed by atoms with van der Waals surface area (Å²) in [5.41, 5.74) is 3.45. The highest BCUT2D eigenvalue weighted by Gasteiger charge is 2.25. The zero-order chi connectivity index (χ0) is 23.8. The molecule has 1 aliphatic heterocycles. The van der Waals surface area contributed by atoms with Crippen LogP contribution in [0, 0.1) is 6.92 Å². The smallest absolute Gasteiger partial charge is 0.328 e. The van der Waals surface area contributed by atoms with E-state index in [1.807, 2.05) is 31.2 Å². The molecule has 178 valence electrons. The maximum Gasteiger partial charge on any atom is 0.328 e. The van der Waals surface area contributed by atoms with Gasteiger partial charge in [0.25, 0.3) is 11.5 Å². The Hall–Kier alpha value is -3.46. The Morgan fingerprint density at radius 2 is 1.88 bits per heavy atom. The average Bonchev–Trinajstić information content (AvgIpc) is 3.64. The summed E-state index contributed by atoms with van der Waals surface area (Å²) in [6.07, 6.45) is 2.12. The molecule has 1 aromatic carbocycles. The van der Waals surface area contributed by atoms with Gasteiger partial charge in [0.15, 0.2) is 0 Å². The summed E-state index contributed by atoms with van der Waals surface area (Å²) in [6, 6.07) is 9.82. The second kappa shape index (κ2) is 9.06. The molecule has 2 aromatic heterocycles. The van der Waals surface area contributed by atoms with Gasteiger partial charge in [-0.05, 0) is 56.5 Å². The first kappa shape index (κ1) is 22.3. The van der Waals surface area contributed by atoms with Crippen molar-refractivity contribution in [1.82, 2.24) is 24.8 Å². The van der Waals surface area contributed by atoms with E-state index in [1.54, 1.807) is 13.0 Å². The van der Waals surface area contributed by atoms with Gasteiger partial charge in [-0.3, -0.25) is 19.1 Å². The zero-order valence-corrected chi connectivity index (χ0v) is 19.6. The second-order valence-electron chi connectivity index (χ2n) is 9.17. The van der Waals surface area contributed by atoms with Gasteiger partial charge in [-0.15, -0.1) is 0 Å². The molecule has 1 saturated carbocycles. The number of nitrogens with zero attached hydrogens (tertiary/aromatic N) is 4. The van der Waals surface area contributed by atoms with Crippen molar-refractivity contribution in [2.45, 2.75) is 45.8 Å². The van der Waals surface area contributed by atoms with Crippen LogP contribution in [-0.2, 0) is 13.1 Å². The van der Waals surface area contributed by atoms with Gasteiger partial charge in [0.2, 0.25) is 0 Å². The molecule has 2 fully saturated rings. The van der Waals surface area contributed by atoms with Crippen LogP contribution in [0.4, 0.5) is 5.69 Å². The molecule has 0 spiro atoms. The van der Waals surface area contributed by atoms with Crippen molar-refractivity contribution in [3.8, 4) is 0 Å². The summed E-state index contributed by atoms with van der Waals surface area (Å²) in [6.45, 7) is 8.34. The molecular weight excluding hydrogens is 432 g/mol. The Kier molecular flexibility index (Phi) is 5.95. The van der Waals surface area contributed by atoms with Gasteiger partial charge >= 0.3 is 5.69 Å². The Labute approximate surface area is 197 Å². The topological polar surface area (TPSA) is 103 Å². The van der Waals surface area contributed by atoms with Crippen molar-refractivity contribution in [2.24, 2.45) is 0 Å². The van der Waals surface area contributed by atoms with Crippen LogP contribution in [0.3, 0.4) is 0 Å². The van der Waals surface area contributed by atoms with Crippen LogP contribution < -0.4 is 21.5 Å². The third-order valence-electron chi connectivity index (χ3n) is 6.68. The van der Waals surface area contributed by atoms with Crippen LogP contribution in [0.5, 0.6) is 0 Å². The number of aromatic nitrogens is 3. The van der Waals surface area contributed by atoms with E-state index in [-0.39, 0.29) is 17.2 Å². The van der Waals surface area contributed by atoms with Crippen molar-refractivity contribution in [2.75, 3.05) is 31.1 Å². The average molecular weight is 463 g/mol. The summed E-state index contributed by atoms with van der Waals surface area (Å²) in [5.74, 6) is -0.0905. The normalized spacial score (nSPS) is 16.7. The molecule has 34 heavy (non-hydrogen) atoms. The maximum atomic E-state index is 12.5. The Morgan fingerprint density at radius 1 is 1.12 bits per heavy atom. The molecule has 1 aliphatic carbocycles. The fourth-order valence-corrected chi connectivity index (χ4v) is 4.59. The second-order valence-corrected chi connectivity index (χ2v) is 9.17. The predicted molar refractivity (Wildman–Crippen MR) is 131 cm³/mol. The van der Waals surface area contributed by atoms with E-state index in [2.05, 4.69) is 25.1 Å². The van der Waals surface area contributed by atoms with Gasteiger partial charge in [0, 0.05) is 45.3 Å². The minimum Gasteiger partial charge on any atom is -0.368 e. The molecule has 5 rings (SSSR count). The maximum absolute atomic E-state index is 12.5. The third-order valence-corrected chi connectivity index (χ3v) is 6.68. The number of aromatic amines is 1. The number of nitrogens with one attached hydrogen (secondary N) is 2. The molecule has 1 saturated heterocycles. The summed E-state index contributed by atoms with van der Waals surface area (Å²) in [4.78, 5) is 49.0. The van der Waals surface area contributed by atoms with Crippen LogP contribution >= 0.6 is 0 Å². The Morgan fingerprint density at radius 3 is 2.56 bits per heavy atom. The van der Waals surface area contributed by atoms with Gasteiger partial charge < -0.3 is 15.2 Å². The Bertz CT molecular complexity index is 1350. The van der Waals surface area contributed by atoms with Gasteiger partial charge in [-0.2, -0.15) is 0 Å².